The van der Waals surface area contributed by atoms with Crippen LogP contribution in [0.2, 0.25) is 0 Å². The largest absolute Gasteiger partial charge is 0.346 e. The van der Waals surface area contributed by atoms with Crippen molar-refractivity contribution in [2.24, 2.45) is 0 Å². The number of aromatic nitrogens is 4. The van der Waals surface area contributed by atoms with E-state index in [1.165, 1.54) is 0 Å². The molecule has 3 aromatic heterocycles. The number of rotatable bonds is 3. The highest BCUT2D eigenvalue weighted by Crippen LogP contribution is 2.39. The highest BCUT2D eigenvalue weighted by molar-refractivity contribution is 5.79. The first-order valence-electron chi connectivity index (χ1n) is 7.46. The maximum atomic E-state index is 9.49. The van der Waals surface area contributed by atoms with Gasteiger partial charge in [-0.25, -0.2) is 4.98 Å². The van der Waals surface area contributed by atoms with Crippen LogP contribution in [0, 0.1) is 11.3 Å². The molecule has 1 aliphatic rings. The van der Waals surface area contributed by atoms with Gasteiger partial charge in [-0.05, 0) is 30.5 Å². The van der Waals surface area contributed by atoms with Crippen molar-refractivity contribution < 1.29 is 4.52 Å². The summed E-state index contributed by atoms with van der Waals surface area (Å²) in [7, 11) is 0. The maximum absolute atomic E-state index is 9.49. The molecule has 1 fully saturated rings. The van der Waals surface area contributed by atoms with Crippen LogP contribution in [-0.2, 0) is 11.8 Å². The molecule has 1 aliphatic carbocycles. The van der Waals surface area contributed by atoms with E-state index in [9.17, 15) is 5.26 Å². The van der Waals surface area contributed by atoms with Crippen LogP contribution in [0.3, 0.4) is 0 Å². The zero-order chi connectivity index (χ0) is 15.0. The molecule has 6 nitrogen and oxygen atoms in total. The van der Waals surface area contributed by atoms with Crippen molar-refractivity contribution >= 4 is 11.0 Å². The third kappa shape index (κ3) is 1.98. The van der Waals surface area contributed by atoms with Crippen LogP contribution in [-0.4, -0.2) is 20.1 Å². The van der Waals surface area contributed by atoms with Crippen LogP contribution in [0.4, 0.5) is 0 Å². The van der Waals surface area contributed by atoms with Crippen molar-refractivity contribution in [1.29, 1.82) is 5.26 Å². The molecule has 6 heteroatoms. The van der Waals surface area contributed by atoms with Crippen molar-refractivity contribution in [2.45, 2.75) is 37.5 Å². The molecule has 4 rings (SSSR count). The molecule has 0 amide bonds. The van der Waals surface area contributed by atoms with Crippen LogP contribution in [0.5, 0.6) is 0 Å². The number of nitrogens with zero attached hydrogens (tertiary/aromatic N) is 4. The molecule has 3 heterocycles. The number of fused-ring (bicyclic) bond motifs is 1. The Hall–Kier alpha value is -2.68. The Labute approximate surface area is 127 Å². The Bertz CT molecular complexity index is 851. The molecular formula is C16H15N5O. The van der Waals surface area contributed by atoms with Gasteiger partial charge >= 0.3 is 0 Å². The highest BCUT2D eigenvalue weighted by Gasteiger charge is 2.41. The van der Waals surface area contributed by atoms with E-state index in [2.05, 4.69) is 26.2 Å². The predicted molar refractivity (Wildman–Crippen MR) is 79.0 cm³/mol. The number of hydrogen-bond acceptors (Lipinski definition) is 5. The molecule has 0 aromatic carbocycles. The molecule has 110 valence electrons. The van der Waals surface area contributed by atoms with Gasteiger partial charge < -0.3 is 9.51 Å². The minimum Gasteiger partial charge on any atom is -0.346 e. The van der Waals surface area contributed by atoms with Gasteiger partial charge in [0.05, 0.1) is 6.07 Å². The SMILES string of the molecule is N#CC1(c2nc(Cc3c[nH]c4ncccc34)no2)CCCC1. The topological polar surface area (TPSA) is 91.4 Å². The fraction of sp³-hybridized carbons (Fsp3) is 0.375. The first-order chi connectivity index (χ1) is 10.8. The summed E-state index contributed by atoms with van der Waals surface area (Å²) < 4.78 is 5.39. The van der Waals surface area contributed by atoms with Gasteiger partial charge in [-0.1, -0.05) is 18.0 Å². The summed E-state index contributed by atoms with van der Waals surface area (Å²) in [6.07, 6.45) is 7.94. The predicted octanol–water partition coefficient (Wildman–Crippen LogP) is 2.87. The minimum absolute atomic E-state index is 0.473. The fourth-order valence-electron chi connectivity index (χ4n) is 3.20. The summed E-state index contributed by atoms with van der Waals surface area (Å²) in [6.45, 7) is 0. The lowest BCUT2D eigenvalue weighted by Gasteiger charge is -2.13. The number of pyridine rings is 1. The number of nitrogens with one attached hydrogen (secondary N) is 1. The van der Waals surface area contributed by atoms with Crippen LogP contribution in [0.15, 0.2) is 29.0 Å². The second-order valence-corrected chi connectivity index (χ2v) is 5.81. The van der Waals surface area contributed by atoms with Gasteiger partial charge in [-0.2, -0.15) is 10.2 Å². The molecular weight excluding hydrogens is 278 g/mol. The third-order valence-electron chi connectivity index (χ3n) is 4.43. The van der Waals surface area contributed by atoms with E-state index in [4.69, 9.17) is 4.52 Å². The second kappa shape index (κ2) is 4.95. The van der Waals surface area contributed by atoms with E-state index in [-0.39, 0.29) is 0 Å². The summed E-state index contributed by atoms with van der Waals surface area (Å²) in [6, 6.07) is 6.31. The standard InChI is InChI=1S/C16H15N5O/c17-10-16(5-1-2-6-16)15-20-13(21-22-15)8-11-9-19-14-12(11)4-3-7-18-14/h3-4,7,9H,1-2,5-6,8H2,(H,18,19). The Morgan fingerprint density at radius 2 is 2.23 bits per heavy atom. The number of hydrogen-bond donors (Lipinski definition) is 1. The van der Waals surface area contributed by atoms with E-state index in [1.807, 2.05) is 18.3 Å². The van der Waals surface area contributed by atoms with Crippen LogP contribution < -0.4 is 0 Å². The lowest BCUT2D eigenvalue weighted by molar-refractivity contribution is 0.319. The van der Waals surface area contributed by atoms with Crippen molar-refractivity contribution in [3.05, 3.63) is 41.8 Å². The summed E-state index contributed by atoms with van der Waals surface area (Å²) in [5.41, 5.74) is 1.35. The summed E-state index contributed by atoms with van der Waals surface area (Å²) >= 11 is 0. The van der Waals surface area contributed by atoms with E-state index in [0.717, 1.165) is 42.3 Å². The fourth-order valence-corrected chi connectivity index (χ4v) is 3.20. The molecule has 0 bridgehead atoms. The zero-order valence-corrected chi connectivity index (χ0v) is 12.0. The Balaban J connectivity index is 1.64. The third-order valence-corrected chi connectivity index (χ3v) is 4.43. The Kier molecular flexibility index (Phi) is 2.93. The van der Waals surface area contributed by atoms with E-state index in [1.54, 1.807) is 6.20 Å². The second-order valence-electron chi connectivity index (χ2n) is 5.81. The van der Waals surface area contributed by atoms with Crippen molar-refractivity contribution in [2.75, 3.05) is 0 Å². The van der Waals surface area contributed by atoms with Crippen molar-refractivity contribution in [3.8, 4) is 6.07 Å². The average molecular weight is 293 g/mol. The van der Waals surface area contributed by atoms with Crippen LogP contribution in [0.1, 0.15) is 43.0 Å². The van der Waals surface area contributed by atoms with E-state index < -0.39 is 5.41 Å². The Morgan fingerprint density at radius 1 is 1.36 bits per heavy atom. The molecule has 1 N–H and O–H groups in total. The summed E-state index contributed by atoms with van der Waals surface area (Å²) in [4.78, 5) is 11.9. The maximum Gasteiger partial charge on any atom is 0.247 e. The van der Waals surface area contributed by atoms with Crippen LogP contribution >= 0.6 is 0 Å². The molecule has 3 aromatic rings. The average Bonchev–Trinajstić information content (AvgIpc) is 3.27. The molecule has 1 saturated carbocycles. The first-order valence-corrected chi connectivity index (χ1v) is 7.46. The van der Waals surface area contributed by atoms with E-state index >= 15 is 0 Å². The van der Waals surface area contributed by atoms with Gasteiger partial charge in [-0.15, -0.1) is 0 Å². The van der Waals surface area contributed by atoms with Gasteiger partial charge in [0.25, 0.3) is 0 Å². The molecule has 0 saturated heterocycles. The molecule has 0 aliphatic heterocycles. The quantitative estimate of drug-likeness (QED) is 0.801. The van der Waals surface area contributed by atoms with Gasteiger partial charge in [0.1, 0.15) is 11.1 Å². The molecule has 0 unspecified atom stereocenters. The number of aromatic amines is 1. The lowest BCUT2D eigenvalue weighted by atomic mass is 9.88. The summed E-state index contributed by atoms with van der Waals surface area (Å²) in [5.74, 6) is 1.08. The minimum atomic E-state index is -0.576. The van der Waals surface area contributed by atoms with Gasteiger partial charge in [0.15, 0.2) is 5.82 Å². The molecule has 0 radical (unpaired) electrons. The number of nitriles is 1. The van der Waals surface area contributed by atoms with Gasteiger partial charge in [0, 0.05) is 24.2 Å². The first kappa shape index (κ1) is 13.0. The zero-order valence-electron chi connectivity index (χ0n) is 12.0. The number of H-pyrrole nitrogens is 1. The van der Waals surface area contributed by atoms with Gasteiger partial charge in [0.2, 0.25) is 5.89 Å². The Morgan fingerprint density at radius 3 is 3.05 bits per heavy atom. The van der Waals surface area contributed by atoms with E-state index in [0.29, 0.717) is 18.1 Å². The van der Waals surface area contributed by atoms with Gasteiger partial charge in [-0.3, -0.25) is 0 Å². The summed E-state index contributed by atoms with van der Waals surface area (Å²) in [5, 5.41) is 14.6. The molecule has 0 atom stereocenters. The van der Waals surface area contributed by atoms with Crippen molar-refractivity contribution in [3.63, 3.8) is 0 Å². The lowest BCUT2D eigenvalue weighted by Crippen LogP contribution is -2.19. The molecule has 22 heavy (non-hydrogen) atoms. The monoisotopic (exact) mass is 293 g/mol. The normalized spacial score (nSPS) is 16.9. The molecule has 0 spiro atoms. The van der Waals surface area contributed by atoms with Crippen molar-refractivity contribution in [1.82, 2.24) is 20.1 Å². The highest BCUT2D eigenvalue weighted by atomic mass is 16.5. The smallest absolute Gasteiger partial charge is 0.247 e. The van der Waals surface area contributed by atoms with Crippen LogP contribution in [0.25, 0.3) is 11.0 Å².